The van der Waals surface area contributed by atoms with Gasteiger partial charge >= 0.3 is 0 Å². The minimum absolute atomic E-state index is 0.0123. The van der Waals surface area contributed by atoms with Gasteiger partial charge in [0.1, 0.15) is 5.75 Å². The van der Waals surface area contributed by atoms with Gasteiger partial charge in [0, 0.05) is 15.2 Å². The lowest BCUT2D eigenvalue weighted by Gasteiger charge is -2.35. The van der Waals surface area contributed by atoms with Crippen molar-refractivity contribution in [2.24, 2.45) is 10.9 Å². The van der Waals surface area contributed by atoms with E-state index in [2.05, 4.69) is 52.1 Å². The quantitative estimate of drug-likeness (QED) is 0.296. The van der Waals surface area contributed by atoms with Gasteiger partial charge in [0.2, 0.25) is 0 Å². The van der Waals surface area contributed by atoms with Crippen LogP contribution in [0.25, 0.3) is 6.08 Å². The zero-order chi connectivity index (χ0) is 21.3. The first kappa shape index (κ1) is 22.1. The minimum Gasteiger partial charge on any atom is -0.506 e. The highest BCUT2D eigenvalue weighted by Gasteiger charge is 2.41. The maximum absolute atomic E-state index is 13.5. The van der Waals surface area contributed by atoms with E-state index in [9.17, 15) is 9.90 Å². The fourth-order valence-electron chi connectivity index (χ4n) is 3.99. The first-order chi connectivity index (χ1) is 14.4. The number of hydrogen-bond acceptors (Lipinski definition) is 4. The Balaban J connectivity index is 1.76. The summed E-state index contributed by atoms with van der Waals surface area (Å²) in [6.07, 6.45) is 6.29. The highest BCUT2D eigenvalue weighted by molar-refractivity contribution is 14.1. The third kappa shape index (κ3) is 4.72. The predicted molar refractivity (Wildman–Crippen MR) is 141 cm³/mol. The summed E-state index contributed by atoms with van der Waals surface area (Å²) in [5.41, 5.74) is 1.51. The molecular formula is C23H22I2N2O2S. The van der Waals surface area contributed by atoms with Crippen LogP contribution in [0.4, 0.5) is 5.69 Å². The summed E-state index contributed by atoms with van der Waals surface area (Å²) in [6.45, 7) is 2.23. The van der Waals surface area contributed by atoms with E-state index in [4.69, 9.17) is 4.99 Å². The van der Waals surface area contributed by atoms with Crippen LogP contribution >= 0.6 is 56.9 Å². The standard InChI is InChI=1S/C23H22I2N2O2S/c1-14-7-5-6-10-19(14)27-22(29)20(12-15-11-16(24)13-18(25)21(15)28)30-23(27)26-17-8-3-2-4-9-17/h2-4,8-9,11-14,19,28H,5-7,10H2,1H3/b20-12-,26-23?/t14-,19-/m1/s1. The molecule has 1 saturated heterocycles. The molecule has 1 saturated carbocycles. The van der Waals surface area contributed by atoms with Crippen molar-refractivity contribution in [1.82, 2.24) is 4.90 Å². The van der Waals surface area contributed by atoms with Crippen molar-refractivity contribution in [2.45, 2.75) is 38.6 Å². The lowest BCUT2D eigenvalue weighted by Crippen LogP contribution is -2.44. The molecule has 0 aromatic heterocycles. The van der Waals surface area contributed by atoms with Crippen molar-refractivity contribution in [2.75, 3.05) is 0 Å². The van der Waals surface area contributed by atoms with Gasteiger partial charge in [0.15, 0.2) is 5.17 Å². The van der Waals surface area contributed by atoms with Crippen molar-refractivity contribution in [3.63, 3.8) is 0 Å². The molecule has 156 valence electrons. The third-order valence-corrected chi connectivity index (χ3v) is 7.99. The normalized spacial score (nSPS) is 24.8. The molecule has 0 bridgehead atoms. The number of benzene rings is 2. The fourth-order valence-corrected chi connectivity index (χ4v) is 6.91. The van der Waals surface area contributed by atoms with Crippen LogP contribution in [0.2, 0.25) is 0 Å². The number of para-hydroxylation sites is 1. The fraction of sp³-hybridized carbons (Fsp3) is 0.304. The van der Waals surface area contributed by atoms with Crippen molar-refractivity contribution in [3.05, 3.63) is 60.1 Å². The van der Waals surface area contributed by atoms with Crippen LogP contribution in [0.3, 0.4) is 0 Å². The Morgan fingerprint density at radius 2 is 1.90 bits per heavy atom. The lowest BCUT2D eigenvalue weighted by atomic mass is 9.85. The molecule has 0 radical (unpaired) electrons. The number of amidine groups is 1. The molecule has 1 amide bonds. The molecule has 1 aliphatic carbocycles. The summed E-state index contributed by atoms with van der Waals surface area (Å²) >= 11 is 5.75. The van der Waals surface area contributed by atoms with Gasteiger partial charge in [-0.1, -0.05) is 38.0 Å². The first-order valence-corrected chi connectivity index (χ1v) is 13.0. The molecule has 2 aromatic carbocycles. The minimum atomic E-state index is -0.0123. The van der Waals surface area contributed by atoms with Crippen LogP contribution < -0.4 is 0 Å². The topological polar surface area (TPSA) is 52.9 Å². The largest absolute Gasteiger partial charge is 0.506 e. The second-order valence-electron chi connectivity index (χ2n) is 7.67. The van der Waals surface area contributed by atoms with E-state index in [1.165, 1.54) is 18.2 Å². The Labute approximate surface area is 208 Å². The van der Waals surface area contributed by atoms with Gasteiger partial charge in [-0.25, -0.2) is 4.99 Å². The molecule has 1 heterocycles. The molecule has 30 heavy (non-hydrogen) atoms. The number of aliphatic imine (C=N–C) groups is 1. The number of rotatable bonds is 3. The third-order valence-electron chi connectivity index (χ3n) is 5.56. The molecule has 0 spiro atoms. The number of hydrogen-bond donors (Lipinski definition) is 1. The predicted octanol–water partition coefficient (Wildman–Crippen LogP) is 6.78. The van der Waals surface area contributed by atoms with Gasteiger partial charge in [-0.2, -0.15) is 0 Å². The molecule has 2 aliphatic rings. The van der Waals surface area contributed by atoms with E-state index in [0.717, 1.165) is 37.3 Å². The number of nitrogens with zero attached hydrogens (tertiary/aromatic N) is 2. The van der Waals surface area contributed by atoms with Crippen molar-refractivity contribution in [3.8, 4) is 5.75 Å². The van der Waals surface area contributed by atoms with Gasteiger partial charge < -0.3 is 5.11 Å². The van der Waals surface area contributed by atoms with Gasteiger partial charge in [0.25, 0.3) is 5.91 Å². The summed E-state index contributed by atoms with van der Waals surface area (Å²) < 4.78 is 1.80. The molecule has 2 aromatic rings. The molecule has 1 N–H and O–H groups in total. The zero-order valence-electron chi connectivity index (χ0n) is 16.5. The molecular weight excluding hydrogens is 622 g/mol. The number of phenols is 1. The molecule has 0 unspecified atom stereocenters. The molecule has 7 heteroatoms. The number of carbonyl (C=O) groups excluding carboxylic acids is 1. The first-order valence-electron chi connectivity index (χ1n) is 9.99. The Hall–Kier alpha value is -1.07. The number of aromatic hydroxyl groups is 1. The summed E-state index contributed by atoms with van der Waals surface area (Å²) in [4.78, 5) is 20.8. The van der Waals surface area contributed by atoms with Crippen LogP contribution in [-0.4, -0.2) is 27.1 Å². The van der Waals surface area contributed by atoms with Crippen molar-refractivity contribution in [1.29, 1.82) is 0 Å². The lowest BCUT2D eigenvalue weighted by molar-refractivity contribution is -0.124. The van der Waals surface area contributed by atoms with Crippen LogP contribution in [0.1, 0.15) is 38.2 Å². The Morgan fingerprint density at radius 1 is 1.17 bits per heavy atom. The molecule has 4 nitrogen and oxygen atoms in total. The molecule has 2 fully saturated rings. The number of halogens is 2. The van der Waals surface area contributed by atoms with E-state index < -0.39 is 0 Å². The van der Waals surface area contributed by atoms with E-state index >= 15 is 0 Å². The monoisotopic (exact) mass is 644 g/mol. The Bertz CT molecular complexity index is 1020. The second-order valence-corrected chi connectivity index (χ2v) is 11.1. The van der Waals surface area contributed by atoms with Crippen LogP contribution in [0, 0.1) is 13.1 Å². The average molecular weight is 644 g/mol. The van der Waals surface area contributed by atoms with E-state index in [0.29, 0.717) is 16.4 Å². The highest BCUT2D eigenvalue weighted by atomic mass is 127. The summed E-state index contributed by atoms with van der Waals surface area (Å²) in [5.74, 6) is 0.639. The van der Waals surface area contributed by atoms with E-state index in [1.807, 2.05) is 47.4 Å². The second kappa shape index (κ2) is 9.60. The van der Waals surface area contributed by atoms with Gasteiger partial charge in [-0.15, -0.1) is 0 Å². The average Bonchev–Trinajstić information content (AvgIpc) is 3.02. The SMILES string of the molecule is C[C@@H]1CCCC[C@H]1N1C(=O)/C(=C/c2cc(I)cc(I)c2O)SC1=Nc1ccccc1. The summed E-state index contributed by atoms with van der Waals surface area (Å²) in [5, 5.41) is 11.2. The van der Waals surface area contributed by atoms with Crippen LogP contribution in [0.15, 0.2) is 52.4 Å². The molecule has 4 rings (SSSR count). The Kier molecular flexibility index (Phi) is 7.08. The number of amides is 1. The Morgan fingerprint density at radius 3 is 2.63 bits per heavy atom. The van der Waals surface area contributed by atoms with Gasteiger partial charge in [0.05, 0.1) is 14.2 Å². The number of phenolic OH excluding ortho intramolecular Hbond substituents is 1. The van der Waals surface area contributed by atoms with Crippen molar-refractivity contribution < 1.29 is 9.90 Å². The summed E-state index contributed by atoms with van der Waals surface area (Å²) in [7, 11) is 0. The molecule has 2 atom stereocenters. The maximum atomic E-state index is 13.5. The number of carbonyl (C=O) groups is 1. The van der Waals surface area contributed by atoms with Gasteiger partial charge in [-0.05, 0) is 106 Å². The smallest absolute Gasteiger partial charge is 0.267 e. The number of thioether (sulfide) groups is 1. The molecule has 1 aliphatic heterocycles. The maximum Gasteiger partial charge on any atom is 0.267 e. The van der Waals surface area contributed by atoms with Crippen LogP contribution in [-0.2, 0) is 4.79 Å². The summed E-state index contributed by atoms with van der Waals surface area (Å²) in [6, 6.07) is 13.8. The van der Waals surface area contributed by atoms with Crippen molar-refractivity contribution >= 4 is 79.8 Å². The highest BCUT2D eigenvalue weighted by Crippen LogP contribution is 2.41. The van der Waals surface area contributed by atoms with E-state index in [-0.39, 0.29) is 17.7 Å². The van der Waals surface area contributed by atoms with E-state index in [1.54, 1.807) is 6.08 Å². The van der Waals surface area contributed by atoms with Crippen LogP contribution in [0.5, 0.6) is 5.75 Å². The van der Waals surface area contributed by atoms with Gasteiger partial charge in [-0.3, -0.25) is 9.69 Å². The zero-order valence-corrected chi connectivity index (χ0v) is 21.6.